The lowest BCUT2D eigenvalue weighted by atomic mass is 9.94. The predicted molar refractivity (Wildman–Crippen MR) is 85.7 cm³/mol. The fraction of sp³-hybridized carbons (Fsp3) is 0.824. The van der Waals surface area contributed by atoms with Crippen LogP contribution in [0.3, 0.4) is 0 Å². The highest BCUT2D eigenvalue weighted by molar-refractivity contribution is 5.85. The second-order valence-corrected chi connectivity index (χ2v) is 7.79. The van der Waals surface area contributed by atoms with Crippen molar-refractivity contribution in [2.75, 3.05) is 13.1 Å². The number of carboxylic acids is 1. The van der Waals surface area contributed by atoms with E-state index >= 15 is 0 Å². The van der Waals surface area contributed by atoms with Crippen molar-refractivity contribution in [2.24, 2.45) is 17.3 Å². The molecule has 0 aromatic rings. The van der Waals surface area contributed by atoms with Crippen molar-refractivity contribution in [1.29, 1.82) is 0 Å². The third-order valence-electron chi connectivity index (χ3n) is 5.00. The van der Waals surface area contributed by atoms with Gasteiger partial charge in [-0.25, -0.2) is 4.79 Å². The monoisotopic (exact) mass is 324 g/mol. The molecule has 2 amide bonds. The molecule has 0 aromatic heterocycles. The number of carbonyl (C=O) groups excluding carboxylic acids is 2. The quantitative estimate of drug-likeness (QED) is 0.753. The van der Waals surface area contributed by atoms with Crippen LogP contribution in [-0.2, 0) is 14.4 Å². The fourth-order valence-electron chi connectivity index (χ4n) is 3.73. The molecule has 3 atom stereocenters. The van der Waals surface area contributed by atoms with E-state index in [9.17, 15) is 19.5 Å². The molecule has 2 aliphatic rings. The van der Waals surface area contributed by atoms with Crippen molar-refractivity contribution in [3.8, 4) is 0 Å². The van der Waals surface area contributed by atoms with E-state index in [0.717, 1.165) is 19.3 Å². The van der Waals surface area contributed by atoms with Crippen LogP contribution < -0.4 is 5.32 Å². The largest absolute Gasteiger partial charge is 0.480 e. The molecule has 1 heterocycles. The van der Waals surface area contributed by atoms with E-state index in [1.54, 1.807) is 4.90 Å². The molecule has 1 saturated carbocycles. The van der Waals surface area contributed by atoms with Crippen LogP contribution in [0.5, 0.6) is 0 Å². The van der Waals surface area contributed by atoms with Crippen LogP contribution in [0.25, 0.3) is 0 Å². The Kier molecular flexibility index (Phi) is 5.32. The highest BCUT2D eigenvalue weighted by Gasteiger charge is 2.49. The Morgan fingerprint density at radius 1 is 1.22 bits per heavy atom. The molecular formula is C17H28N2O4. The van der Waals surface area contributed by atoms with Gasteiger partial charge in [-0.1, -0.05) is 27.2 Å². The molecule has 0 aromatic carbocycles. The number of nitrogens with one attached hydrogen (secondary N) is 1. The highest BCUT2D eigenvalue weighted by atomic mass is 16.4. The molecule has 0 bridgehead atoms. The van der Waals surface area contributed by atoms with E-state index in [2.05, 4.69) is 5.32 Å². The number of amides is 2. The lowest BCUT2D eigenvalue weighted by molar-refractivity contribution is -0.149. The normalized spacial score (nSPS) is 26.9. The Bertz CT molecular complexity index is 483. The van der Waals surface area contributed by atoms with Crippen LogP contribution in [0.15, 0.2) is 0 Å². The molecule has 2 fully saturated rings. The van der Waals surface area contributed by atoms with Gasteiger partial charge in [-0.15, -0.1) is 0 Å². The third kappa shape index (κ3) is 4.03. The summed E-state index contributed by atoms with van der Waals surface area (Å²) < 4.78 is 0. The molecule has 1 saturated heterocycles. The number of hydrogen-bond acceptors (Lipinski definition) is 3. The molecular weight excluding hydrogens is 296 g/mol. The molecule has 130 valence electrons. The van der Waals surface area contributed by atoms with E-state index < -0.39 is 17.4 Å². The van der Waals surface area contributed by atoms with Gasteiger partial charge in [0.2, 0.25) is 11.8 Å². The van der Waals surface area contributed by atoms with Crippen LogP contribution in [0.2, 0.25) is 0 Å². The molecule has 0 spiro atoms. The van der Waals surface area contributed by atoms with Gasteiger partial charge in [-0.05, 0) is 31.1 Å². The second-order valence-electron chi connectivity index (χ2n) is 7.79. The predicted octanol–water partition coefficient (Wildman–Crippen LogP) is 1.64. The summed E-state index contributed by atoms with van der Waals surface area (Å²) in [7, 11) is 0. The minimum Gasteiger partial charge on any atom is -0.480 e. The molecule has 6 nitrogen and oxygen atoms in total. The van der Waals surface area contributed by atoms with Gasteiger partial charge in [0.1, 0.15) is 6.04 Å². The molecule has 2 N–H and O–H groups in total. The van der Waals surface area contributed by atoms with E-state index in [1.165, 1.54) is 0 Å². The zero-order valence-electron chi connectivity index (χ0n) is 14.3. The number of carboxylic acid groups (broad SMARTS) is 1. The van der Waals surface area contributed by atoms with Crippen molar-refractivity contribution in [1.82, 2.24) is 10.2 Å². The minimum absolute atomic E-state index is 0.0379. The smallest absolute Gasteiger partial charge is 0.326 e. The third-order valence-corrected chi connectivity index (χ3v) is 5.00. The summed E-state index contributed by atoms with van der Waals surface area (Å²) in [5.41, 5.74) is -0.440. The Morgan fingerprint density at radius 2 is 1.91 bits per heavy atom. The van der Waals surface area contributed by atoms with E-state index in [4.69, 9.17) is 0 Å². The number of aliphatic carboxylic acids is 1. The standard InChI is InChI=1S/C17H28N2O4/c1-17(2,3)16(23)18-9-5-8-13(20)19-10-11-6-4-7-12(11)14(19)15(21)22/h11-12,14H,4-10H2,1-3H3,(H,18,23)(H,21,22). The molecule has 6 heteroatoms. The van der Waals surface area contributed by atoms with E-state index in [0.29, 0.717) is 25.4 Å². The molecule has 23 heavy (non-hydrogen) atoms. The Morgan fingerprint density at radius 3 is 2.52 bits per heavy atom. The average Bonchev–Trinajstić information content (AvgIpc) is 3.01. The number of likely N-dealkylation sites (tertiary alicyclic amines) is 1. The number of rotatable bonds is 5. The summed E-state index contributed by atoms with van der Waals surface area (Å²) in [4.78, 5) is 37.2. The van der Waals surface area contributed by atoms with Gasteiger partial charge in [0.05, 0.1) is 0 Å². The average molecular weight is 324 g/mol. The topological polar surface area (TPSA) is 86.7 Å². The summed E-state index contributed by atoms with van der Waals surface area (Å²) in [5, 5.41) is 12.3. The summed E-state index contributed by atoms with van der Waals surface area (Å²) in [6.07, 6.45) is 3.83. The van der Waals surface area contributed by atoms with Crippen molar-refractivity contribution in [2.45, 2.75) is 58.9 Å². The second kappa shape index (κ2) is 6.89. The number of fused-ring (bicyclic) bond motifs is 1. The fourth-order valence-corrected chi connectivity index (χ4v) is 3.73. The lowest BCUT2D eigenvalue weighted by Crippen LogP contribution is -2.43. The van der Waals surface area contributed by atoms with Gasteiger partial charge in [-0.3, -0.25) is 9.59 Å². The molecule has 3 unspecified atom stereocenters. The Labute approximate surface area is 137 Å². The van der Waals surface area contributed by atoms with E-state index in [1.807, 2.05) is 20.8 Å². The van der Waals surface area contributed by atoms with Gasteiger partial charge < -0.3 is 15.3 Å². The van der Waals surface area contributed by atoms with Crippen LogP contribution in [0, 0.1) is 17.3 Å². The Hall–Kier alpha value is -1.59. The van der Waals surface area contributed by atoms with Crippen molar-refractivity contribution in [3.05, 3.63) is 0 Å². The summed E-state index contributed by atoms with van der Waals surface area (Å²) >= 11 is 0. The zero-order valence-corrected chi connectivity index (χ0v) is 14.3. The van der Waals surface area contributed by atoms with Crippen molar-refractivity contribution >= 4 is 17.8 Å². The maximum atomic E-state index is 12.4. The molecule has 0 radical (unpaired) electrons. The summed E-state index contributed by atoms with van der Waals surface area (Å²) in [6.45, 7) is 6.55. The SMILES string of the molecule is CC(C)(C)C(=O)NCCCC(=O)N1CC2CCCC2C1C(=O)O. The van der Waals surface area contributed by atoms with Gasteiger partial charge in [0.25, 0.3) is 0 Å². The van der Waals surface area contributed by atoms with Crippen LogP contribution >= 0.6 is 0 Å². The van der Waals surface area contributed by atoms with Crippen molar-refractivity contribution < 1.29 is 19.5 Å². The number of nitrogens with zero attached hydrogens (tertiary/aromatic N) is 1. The van der Waals surface area contributed by atoms with Crippen LogP contribution in [0.1, 0.15) is 52.9 Å². The van der Waals surface area contributed by atoms with Gasteiger partial charge in [-0.2, -0.15) is 0 Å². The summed E-state index contributed by atoms with van der Waals surface area (Å²) in [6, 6.07) is -0.654. The van der Waals surface area contributed by atoms with Gasteiger partial charge in [0.15, 0.2) is 0 Å². The number of hydrogen-bond donors (Lipinski definition) is 2. The first-order valence-corrected chi connectivity index (χ1v) is 8.52. The summed E-state index contributed by atoms with van der Waals surface area (Å²) in [5.74, 6) is -0.549. The minimum atomic E-state index is -0.881. The van der Waals surface area contributed by atoms with Crippen LogP contribution in [0.4, 0.5) is 0 Å². The highest BCUT2D eigenvalue weighted by Crippen LogP contribution is 2.42. The first-order chi connectivity index (χ1) is 10.7. The molecule has 1 aliphatic heterocycles. The van der Waals surface area contributed by atoms with Gasteiger partial charge in [0, 0.05) is 24.9 Å². The molecule has 1 aliphatic carbocycles. The Balaban J connectivity index is 1.81. The van der Waals surface area contributed by atoms with Crippen molar-refractivity contribution in [3.63, 3.8) is 0 Å². The maximum absolute atomic E-state index is 12.4. The lowest BCUT2D eigenvalue weighted by Gasteiger charge is -2.24. The molecule has 2 rings (SSSR count). The van der Waals surface area contributed by atoms with Gasteiger partial charge >= 0.3 is 5.97 Å². The van der Waals surface area contributed by atoms with Crippen LogP contribution in [-0.4, -0.2) is 46.9 Å². The zero-order chi connectivity index (χ0) is 17.2. The van der Waals surface area contributed by atoms with E-state index in [-0.39, 0.29) is 24.2 Å². The number of carbonyl (C=O) groups is 3. The first-order valence-electron chi connectivity index (χ1n) is 8.52. The maximum Gasteiger partial charge on any atom is 0.326 e. The first kappa shape index (κ1) is 17.8.